The Morgan fingerprint density at radius 1 is 1.10 bits per heavy atom. The van der Waals surface area contributed by atoms with Gasteiger partial charge in [-0.15, -0.1) is 0 Å². The summed E-state index contributed by atoms with van der Waals surface area (Å²) < 4.78 is 6.42. The Hall–Kier alpha value is -1.26. The summed E-state index contributed by atoms with van der Waals surface area (Å²) in [6.45, 7) is 7.65. The van der Waals surface area contributed by atoms with Crippen LogP contribution in [0.3, 0.4) is 0 Å². The second-order valence-corrected chi connectivity index (χ2v) is 6.24. The number of hydrogen-bond acceptors (Lipinski definition) is 2. The molecule has 2 heterocycles. The number of halogens is 1. The van der Waals surface area contributed by atoms with Crippen molar-refractivity contribution in [1.29, 1.82) is 0 Å². The van der Waals surface area contributed by atoms with Crippen molar-refractivity contribution < 1.29 is 9.32 Å². The van der Waals surface area contributed by atoms with Crippen molar-refractivity contribution in [3.63, 3.8) is 0 Å². The zero-order chi connectivity index (χ0) is 13.9. The molecule has 0 atom stereocenters. The molecule has 106 valence electrons. The van der Waals surface area contributed by atoms with Gasteiger partial charge in [0.2, 0.25) is 0 Å². The summed E-state index contributed by atoms with van der Waals surface area (Å²) in [5, 5.41) is 0. The second kappa shape index (κ2) is 6.02. The van der Waals surface area contributed by atoms with E-state index >= 15 is 0 Å². The number of furan rings is 1. The number of quaternary nitrogens is 1. The molecule has 0 amide bonds. The van der Waals surface area contributed by atoms with E-state index in [0.717, 1.165) is 43.2 Å². The van der Waals surface area contributed by atoms with Gasteiger partial charge < -0.3 is 14.2 Å². The molecule has 0 radical (unpaired) electrons. The summed E-state index contributed by atoms with van der Waals surface area (Å²) in [7, 11) is 0. The van der Waals surface area contributed by atoms with Crippen LogP contribution in [0.4, 0.5) is 5.69 Å². The highest BCUT2D eigenvalue weighted by Crippen LogP contribution is 2.15. The van der Waals surface area contributed by atoms with E-state index in [-0.39, 0.29) is 0 Å². The summed E-state index contributed by atoms with van der Waals surface area (Å²) in [6, 6.07) is 12.9. The summed E-state index contributed by atoms with van der Waals surface area (Å²) >= 11 is 3.36. The minimum Gasteiger partial charge on any atom is -0.448 e. The van der Waals surface area contributed by atoms with Crippen molar-refractivity contribution in [2.75, 3.05) is 31.1 Å². The molecule has 0 bridgehead atoms. The molecule has 4 heteroatoms. The first-order valence-electron chi connectivity index (χ1n) is 7.10. The lowest BCUT2D eigenvalue weighted by atomic mass is 10.2. The zero-order valence-electron chi connectivity index (χ0n) is 11.7. The molecular weight excluding hydrogens is 316 g/mol. The standard InChI is InChI=1S/C16H19BrN2O/c1-13-2-4-14(5-3-13)19-10-8-18(9-11-19)12-15-6-7-16(17)20-15/h2-7H,8-12H2,1H3/p+1. The first-order chi connectivity index (χ1) is 9.70. The predicted octanol–water partition coefficient (Wildman–Crippen LogP) is 2.26. The van der Waals surface area contributed by atoms with Crippen LogP contribution >= 0.6 is 15.9 Å². The number of rotatable bonds is 3. The maximum Gasteiger partial charge on any atom is 0.169 e. The summed E-state index contributed by atoms with van der Waals surface area (Å²) in [5.74, 6) is 1.07. The van der Waals surface area contributed by atoms with Gasteiger partial charge in [-0.1, -0.05) is 17.7 Å². The summed E-state index contributed by atoms with van der Waals surface area (Å²) in [4.78, 5) is 4.07. The SMILES string of the molecule is Cc1ccc(N2CC[NH+](Cc3ccc(Br)o3)CC2)cc1. The quantitative estimate of drug-likeness (QED) is 0.928. The van der Waals surface area contributed by atoms with E-state index in [4.69, 9.17) is 4.42 Å². The van der Waals surface area contributed by atoms with Crippen LogP contribution < -0.4 is 9.80 Å². The van der Waals surface area contributed by atoms with E-state index in [1.165, 1.54) is 11.3 Å². The van der Waals surface area contributed by atoms with E-state index in [1.54, 1.807) is 4.90 Å². The van der Waals surface area contributed by atoms with Gasteiger partial charge >= 0.3 is 0 Å². The third-order valence-corrected chi connectivity index (χ3v) is 4.35. The number of aryl methyl sites for hydroxylation is 1. The lowest BCUT2D eigenvalue weighted by Crippen LogP contribution is -3.13. The van der Waals surface area contributed by atoms with Crippen LogP contribution in [0, 0.1) is 6.92 Å². The third-order valence-electron chi connectivity index (χ3n) is 3.92. The molecule has 1 fully saturated rings. The minimum atomic E-state index is 0.824. The summed E-state index contributed by atoms with van der Waals surface area (Å²) in [6.07, 6.45) is 0. The lowest BCUT2D eigenvalue weighted by Gasteiger charge is -2.33. The highest BCUT2D eigenvalue weighted by atomic mass is 79.9. The first-order valence-corrected chi connectivity index (χ1v) is 7.89. The van der Waals surface area contributed by atoms with E-state index in [1.807, 2.05) is 6.07 Å². The van der Waals surface area contributed by atoms with Crippen LogP contribution in [-0.4, -0.2) is 26.2 Å². The highest BCUT2D eigenvalue weighted by molar-refractivity contribution is 9.10. The molecule has 0 saturated carbocycles. The Kier molecular flexibility index (Phi) is 4.13. The molecule has 1 N–H and O–H groups in total. The maximum atomic E-state index is 5.59. The van der Waals surface area contributed by atoms with Crippen molar-refractivity contribution in [1.82, 2.24) is 0 Å². The van der Waals surface area contributed by atoms with Gasteiger partial charge in [0.15, 0.2) is 10.4 Å². The van der Waals surface area contributed by atoms with Crippen LogP contribution in [0.2, 0.25) is 0 Å². The normalized spacial score (nSPS) is 16.6. The monoisotopic (exact) mass is 335 g/mol. The first kappa shape index (κ1) is 13.7. The number of nitrogens with zero attached hydrogens (tertiary/aromatic N) is 1. The fraction of sp³-hybridized carbons (Fsp3) is 0.375. The predicted molar refractivity (Wildman–Crippen MR) is 84.2 cm³/mol. The van der Waals surface area contributed by atoms with Crippen LogP contribution in [0.15, 0.2) is 45.5 Å². The smallest absolute Gasteiger partial charge is 0.169 e. The summed E-state index contributed by atoms with van der Waals surface area (Å²) in [5.41, 5.74) is 2.66. The lowest BCUT2D eigenvalue weighted by molar-refractivity contribution is -0.915. The average Bonchev–Trinajstić information content (AvgIpc) is 2.86. The number of nitrogens with one attached hydrogen (secondary N) is 1. The van der Waals surface area contributed by atoms with Gasteiger partial charge in [0.05, 0.1) is 26.2 Å². The van der Waals surface area contributed by atoms with Gasteiger partial charge in [0, 0.05) is 5.69 Å². The molecule has 1 aromatic carbocycles. The Labute approximate surface area is 128 Å². The second-order valence-electron chi connectivity index (χ2n) is 5.46. The van der Waals surface area contributed by atoms with Crippen LogP contribution in [0.25, 0.3) is 0 Å². The van der Waals surface area contributed by atoms with Gasteiger partial charge in [0.1, 0.15) is 6.54 Å². The third kappa shape index (κ3) is 3.25. The fourth-order valence-corrected chi connectivity index (χ4v) is 3.05. The fourth-order valence-electron chi connectivity index (χ4n) is 2.71. The molecule has 1 saturated heterocycles. The van der Waals surface area contributed by atoms with Gasteiger partial charge in [-0.25, -0.2) is 0 Å². The van der Waals surface area contributed by atoms with Crippen molar-refractivity contribution >= 4 is 21.6 Å². The number of benzene rings is 1. The van der Waals surface area contributed by atoms with Gasteiger partial charge in [-0.2, -0.15) is 0 Å². The van der Waals surface area contributed by atoms with Crippen LogP contribution in [-0.2, 0) is 6.54 Å². The molecule has 0 aliphatic carbocycles. The van der Waals surface area contributed by atoms with Crippen LogP contribution in [0.1, 0.15) is 11.3 Å². The van der Waals surface area contributed by atoms with Gasteiger partial charge in [0.25, 0.3) is 0 Å². The molecule has 0 unspecified atom stereocenters. The molecule has 1 aliphatic rings. The van der Waals surface area contributed by atoms with Crippen molar-refractivity contribution in [2.24, 2.45) is 0 Å². The molecule has 0 spiro atoms. The Morgan fingerprint density at radius 2 is 1.80 bits per heavy atom. The minimum absolute atomic E-state index is 0.824. The highest BCUT2D eigenvalue weighted by Gasteiger charge is 2.21. The molecular formula is C16H20BrN2O+. The van der Waals surface area contributed by atoms with E-state index in [2.05, 4.69) is 58.1 Å². The number of piperazine rings is 1. The molecule has 20 heavy (non-hydrogen) atoms. The van der Waals surface area contributed by atoms with Gasteiger partial charge in [-0.3, -0.25) is 0 Å². The van der Waals surface area contributed by atoms with E-state index in [0.29, 0.717) is 0 Å². The number of anilines is 1. The topological polar surface area (TPSA) is 20.8 Å². The zero-order valence-corrected chi connectivity index (χ0v) is 13.3. The largest absolute Gasteiger partial charge is 0.448 e. The Bertz CT molecular complexity index is 556. The molecule has 2 aromatic rings. The molecule has 3 nitrogen and oxygen atoms in total. The average molecular weight is 336 g/mol. The molecule has 3 rings (SSSR count). The molecule has 1 aromatic heterocycles. The van der Waals surface area contributed by atoms with Crippen molar-refractivity contribution in [2.45, 2.75) is 13.5 Å². The van der Waals surface area contributed by atoms with E-state index < -0.39 is 0 Å². The van der Waals surface area contributed by atoms with E-state index in [9.17, 15) is 0 Å². The van der Waals surface area contributed by atoms with Crippen molar-refractivity contribution in [3.05, 3.63) is 52.4 Å². The maximum absolute atomic E-state index is 5.59. The molecule has 1 aliphatic heterocycles. The van der Waals surface area contributed by atoms with Crippen LogP contribution in [0.5, 0.6) is 0 Å². The van der Waals surface area contributed by atoms with Gasteiger partial charge in [-0.05, 0) is 47.1 Å². The van der Waals surface area contributed by atoms with Crippen molar-refractivity contribution in [3.8, 4) is 0 Å². The Morgan fingerprint density at radius 3 is 2.40 bits per heavy atom. The number of hydrogen-bond donors (Lipinski definition) is 1. The Balaban J connectivity index is 1.55.